The molecule has 10 heteroatoms. The molecule has 1 aliphatic heterocycles. The second kappa shape index (κ2) is 11.6. The summed E-state index contributed by atoms with van der Waals surface area (Å²) in [5.74, 6) is 0.197. The van der Waals surface area contributed by atoms with Crippen molar-refractivity contribution in [2.24, 2.45) is 5.92 Å². The van der Waals surface area contributed by atoms with Crippen LogP contribution in [0.5, 0.6) is 0 Å². The van der Waals surface area contributed by atoms with Crippen LogP contribution in [0.3, 0.4) is 0 Å². The number of rotatable bonds is 0. The van der Waals surface area contributed by atoms with Gasteiger partial charge in [-0.25, -0.2) is 0 Å². The van der Waals surface area contributed by atoms with Gasteiger partial charge in [-0.3, -0.25) is 14.1 Å². The maximum absolute atomic E-state index is 8.74. The predicted octanol–water partition coefficient (Wildman–Crippen LogP) is 3.40. The SMILES string of the molecule is ClC1=Cc2cccnc2C2[N-]CC=CC12.O=S(=O)(O)O.[CH3-].[CH3-].[O]=[V]. The van der Waals surface area contributed by atoms with Gasteiger partial charge in [-0.2, -0.15) is 8.42 Å². The molecule has 7 nitrogen and oxygen atoms in total. The van der Waals surface area contributed by atoms with Gasteiger partial charge < -0.3 is 20.2 Å². The van der Waals surface area contributed by atoms with Crippen molar-refractivity contribution >= 4 is 28.1 Å². The molecule has 0 radical (unpaired) electrons. The van der Waals surface area contributed by atoms with Gasteiger partial charge in [0.05, 0.1) is 0 Å². The summed E-state index contributed by atoms with van der Waals surface area (Å²) in [4.78, 5) is 4.41. The summed E-state index contributed by atoms with van der Waals surface area (Å²) < 4.78 is 39.8. The molecular weight excluding hydrogens is 395 g/mol. The molecule has 0 fully saturated rings. The fraction of sp³-hybridized carbons (Fsp3) is 0.214. The van der Waals surface area contributed by atoms with Crippen molar-refractivity contribution < 1.29 is 38.6 Å². The van der Waals surface area contributed by atoms with Crippen molar-refractivity contribution in [2.75, 3.05) is 6.54 Å². The Morgan fingerprint density at radius 3 is 2.46 bits per heavy atom. The number of pyridine rings is 1. The second-order valence-electron chi connectivity index (χ2n) is 4.22. The average Bonchev–Trinajstić information content (AvgIpc) is 2.48. The van der Waals surface area contributed by atoms with E-state index in [0.29, 0.717) is 0 Å². The normalized spacial score (nSPS) is 20.0. The van der Waals surface area contributed by atoms with Crippen LogP contribution in [0, 0.1) is 20.8 Å². The van der Waals surface area contributed by atoms with Crippen molar-refractivity contribution in [2.45, 2.75) is 6.04 Å². The van der Waals surface area contributed by atoms with Gasteiger partial charge >= 0.3 is 31.4 Å². The minimum atomic E-state index is -4.67. The first-order valence-corrected chi connectivity index (χ1v) is 8.24. The summed E-state index contributed by atoms with van der Waals surface area (Å²) in [7, 11) is -4.67. The van der Waals surface area contributed by atoms with Gasteiger partial charge in [0, 0.05) is 22.8 Å². The first kappa shape index (κ1) is 25.4. The van der Waals surface area contributed by atoms with Crippen LogP contribution in [0.15, 0.2) is 35.5 Å². The Balaban J connectivity index is 0. The van der Waals surface area contributed by atoms with Crippen LogP contribution in [0.1, 0.15) is 17.3 Å². The Bertz CT molecular complexity index is 673. The van der Waals surface area contributed by atoms with Crippen LogP contribution in [0.25, 0.3) is 11.4 Å². The summed E-state index contributed by atoms with van der Waals surface area (Å²) in [6, 6.07) is 4.08. The predicted molar refractivity (Wildman–Crippen MR) is 89.4 cm³/mol. The van der Waals surface area contributed by atoms with Crippen LogP contribution >= 0.6 is 11.6 Å². The molecule has 0 bridgehead atoms. The van der Waals surface area contributed by atoms with Crippen molar-refractivity contribution in [1.82, 2.24) is 4.98 Å². The molecule has 0 spiro atoms. The zero-order valence-corrected chi connectivity index (χ0v) is 16.0. The molecule has 0 saturated carbocycles. The molecule has 24 heavy (non-hydrogen) atoms. The third kappa shape index (κ3) is 7.80. The van der Waals surface area contributed by atoms with E-state index in [0.717, 1.165) is 40.2 Å². The molecule has 2 atom stereocenters. The number of fused-ring (bicyclic) bond motifs is 3. The molecule has 0 amide bonds. The van der Waals surface area contributed by atoms with E-state index in [4.69, 9.17) is 32.8 Å². The Labute approximate surface area is 157 Å². The average molecular weight is 413 g/mol. The summed E-state index contributed by atoms with van der Waals surface area (Å²) in [6.45, 7) is 0.765. The molecule has 2 N–H and O–H groups in total. The van der Waals surface area contributed by atoms with Crippen molar-refractivity contribution in [3.63, 3.8) is 0 Å². The van der Waals surface area contributed by atoms with Gasteiger partial charge in [0.15, 0.2) is 0 Å². The first-order chi connectivity index (χ1) is 10.4. The van der Waals surface area contributed by atoms with Gasteiger partial charge in [0.2, 0.25) is 0 Å². The van der Waals surface area contributed by atoms with E-state index < -0.39 is 10.4 Å². The van der Waals surface area contributed by atoms with E-state index in [1.165, 1.54) is 0 Å². The quantitative estimate of drug-likeness (QED) is 0.383. The van der Waals surface area contributed by atoms with Crippen molar-refractivity contribution in [3.8, 4) is 0 Å². The van der Waals surface area contributed by atoms with Crippen LogP contribution in [0.4, 0.5) is 0 Å². The van der Waals surface area contributed by atoms with Gasteiger partial charge in [-0.05, 0) is 17.7 Å². The van der Waals surface area contributed by atoms with Gasteiger partial charge in [0.25, 0.3) is 0 Å². The third-order valence-electron chi connectivity index (χ3n) is 2.85. The van der Waals surface area contributed by atoms with Gasteiger partial charge in [-0.1, -0.05) is 29.8 Å². The summed E-state index contributed by atoms with van der Waals surface area (Å²) in [5.41, 5.74) is 2.15. The molecule has 1 aliphatic carbocycles. The molecule has 2 heterocycles. The second-order valence-corrected chi connectivity index (χ2v) is 5.55. The number of hydrogen-bond acceptors (Lipinski definition) is 4. The first-order valence-electron chi connectivity index (χ1n) is 5.89. The third-order valence-corrected chi connectivity index (χ3v) is 3.22. The summed E-state index contributed by atoms with van der Waals surface area (Å²) in [5, 5.41) is 5.43. The molecule has 1 aromatic heterocycles. The summed E-state index contributed by atoms with van der Waals surface area (Å²) in [6.07, 6.45) is 8.01. The molecule has 0 saturated heterocycles. The number of nitrogens with zero attached hydrogens (tertiary/aromatic N) is 2. The molecule has 3 rings (SSSR count). The number of halogens is 1. The fourth-order valence-electron chi connectivity index (χ4n) is 2.14. The number of hydrogen-bond donors (Lipinski definition) is 2. The van der Waals surface area contributed by atoms with Crippen LogP contribution in [-0.2, 0) is 31.4 Å². The van der Waals surface area contributed by atoms with E-state index in [2.05, 4.69) is 22.5 Å². The fourth-order valence-corrected chi connectivity index (χ4v) is 2.45. The van der Waals surface area contributed by atoms with E-state index in [1.807, 2.05) is 24.4 Å². The Hall–Kier alpha value is -0.866. The summed E-state index contributed by atoms with van der Waals surface area (Å²) >= 11 is 7.30. The maximum atomic E-state index is 8.74. The van der Waals surface area contributed by atoms with Crippen LogP contribution in [-0.4, -0.2) is 29.1 Å². The molecule has 0 aromatic carbocycles. The van der Waals surface area contributed by atoms with Crippen molar-refractivity contribution in [1.29, 1.82) is 0 Å². The topological polar surface area (TPSA) is 119 Å². The van der Waals surface area contributed by atoms with Crippen molar-refractivity contribution in [3.05, 3.63) is 66.9 Å². The Morgan fingerprint density at radius 1 is 1.29 bits per heavy atom. The van der Waals surface area contributed by atoms with Gasteiger partial charge in [0.1, 0.15) is 0 Å². The Kier molecular flexibility index (Phi) is 12.3. The molecular formula is C14H18ClN2O5SV-3. The minimum absolute atomic E-state index is 0. The molecule has 135 valence electrons. The van der Waals surface area contributed by atoms with E-state index >= 15 is 0 Å². The molecule has 2 aliphatic rings. The van der Waals surface area contributed by atoms with E-state index in [-0.39, 0.29) is 26.8 Å². The van der Waals surface area contributed by atoms with Crippen LogP contribution in [0.2, 0.25) is 0 Å². The molecule has 1 aromatic rings. The zero-order valence-electron chi connectivity index (χ0n) is 13.1. The van der Waals surface area contributed by atoms with Gasteiger partial charge in [-0.15, -0.1) is 12.6 Å². The molecule has 2 unspecified atom stereocenters. The monoisotopic (exact) mass is 412 g/mol. The van der Waals surface area contributed by atoms with E-state index in [9.17, 15) is 0 Å². The zero-order chi connectivity index (χ0) is 16.8. The number of aromatic nitrogens is 1. The van der Waals surface area contributed by atoms with E-state index in [1.54, 1.807) is 0 Å². The Morgan fingerprint density at radius 2 is 1.88 bits per heavy atom. The standard InChI is InChI=1S/C12H10ClN2.2CH3.H2O4S.O.V/c13-10-7-8-3-1-5-14-11(8)12-9(10)4-2-6-15-12;;;1-5(2,3)4;;/h1-5,7,9,12H,6H2;2*1H3;(H2,1,2,3,4);;/q3*-1;;;. The van der Waals surface area contributed by atoms with Crippen LogP contribution < -0.4 is 0 Å².